The average molecular weight is 212 g/mol. The molecule has 0 bridgehead atoms. The van der Waals surface area contributed by atoms with Crippen molar-refractivity contribution in [2.45, 2.75) is 12.8 Å². The minimum atomic E-state index is -0.00684. The first kappa shape index (κ1) is 11.3. The summed E-state index contributed by atoms with van der Waals surface area (Å²) in [5.74, 6) is 0. The second-order valence-corrected chi connectivity index (χ2v) is 4.13. The maximum absolute atomic E-state index is 11.1. The van der Waals surface area contributed by atoms with Crippen LogP contribution in [0.2, 0.25) is 0 Å². The van der Waals surface area contributed by atoms with E-state index in [0.29, 0.717) is 10.2 Å². The molecule has 0 saturated carbocycles. The Balaban J connectivity index is 2.09. The van der Waals surface area contributed by atoms with Gasteiger partial charge in [0.25, 0.3) is 0 Å². The highest BCUT2D eigenvalue weighted by Crippen LogP contribution is 2.04. The number of hydrogen-bond donors (Lipinski definition) is 1. The van der Waals surface area contributed by atoms with Gasteiger partial charge >= 0.3 is 0 Å². The summed E-state index contributed by atoms with van der Waals surface area (Å²) in [6.45, 7) is 1.95. The molecular formula is C10H16N2OS. The van der Waals surface area contributed by atoms with Gasteiger partial charge in [-0.15, -0.1) is 0 Å². The molecule has 0 aliphatic rings. The maximum Gasteiger partial charge on any atom is 0.219 e. The molecule has 0 aromatic heterocycles. The van der Waals surface area contributed by atoms with Crippen molar-refractivity contribution in [3.63, 3.8) is 0 Å². The van der Waals surface area contributed by atoms with Crippen LogP contribution in [0, 0.1) is 4.51 Å². The summed E-state index contributed by atoms with van der Waals surface area (Å²) in [4.78, 5) is 13.2. The number of nitrogens with zero attached hydrogens (tertiary/aromatic N) is 1. The van der Waals surface area contributed by atoms with Gasteiger partial charge < -0.3 is 10.2 Å². The lowest BCUT2D eigenvalue weighted by Crippen LogP contribution is -2.18. The Bertz CT molecular complexity index is 353. The van der Waals surface area contributed by atoms with Crippen molar-refractivity contribution in [3.8, 4) is 0 Å². The Labute approximate surface area is 89.4 Å². The summed E-state index contributed by atoms with van der Waals surface area (Å²) in [5, 5.41) is 3.08. The molecule has 0 amide bonds. The molecule has 0 aliphatic heterocycles. The van der Waals surface area contributed by atoms with Crippen LogP contribution in [-0.2, 0) is 0 Å². The lowest BCUT2D eigenvalue weighted by molar-refractivity contribution is 0.396. The molecule has 1 aromatic rings. The highest BCUT2D eigenvalue weighted by molar-refractivity contribution is 7.71. The van der Waals surface area contributed by atoms with E-state index in [4.69, 9.17) is 12.2 Å². The van der Waals surface area contributed by atoms with Crippen LogP contribution in [0.25, 0.3) is 0 Å². The molecule has 1 rings (SSSR count). The predicted octanol–water partition coefficient (Wildman–Crippen LogP) is 1.41. The van der Waals surface area contributed by atoms with Crippen LogP contribution in [0.4, 0.5) is 5.69 Å². The van der Waals surface area contributed by atoms with Gasteiger partial charge in [0.05, 0.1) is 10.2 Å². The molecule has 14 heavy (non-hydrogen) atoms. The average Bonchev–Trinajstić information content (AvgIpc) is 2.15. The maximum atomic E-state index is 11.1. The minimum absolute atomic E-state index is 0.00684. The Kier molecular flexibility index (Phi) is 4.22. The fraction of sp³-hybridized carbons (Fsp3) is 0.600. The van der Waals surface area contributed by atoms with Gasteiger partial charge in [-0.2, -0.15) is 0 Å². The molecular weight excluding hydrogens is 196 g/mol. The van der Waals surface area contributed by atoms with Gasteiger partial charge in [0, 0.05) is 6.54 Å². The number of rotatable bonds is 6. The normalized spacial score (nSPS) is 11.1. The van der Waals surface area contributed by atoms with Crippen molar-refractivity contribution in [1.82, 2.24) is 4.90 Å². The Morgan fingerprint density at radius 2 is 2.14 bits per heavy atom. The zero-order chi connectivity index (χ0) is 10.6. The second-order valence-electron chi connectivity index (χ2n) is 3.69. The molecule has 1 N–H and O–H groups in total. The van der Waals surface area contributed by atoms with Crippen LogP contribution in [0.1, 0.15) is 12.8 Å². The molecule has 0 spiro atoms. The Hall–Kier alpha value is -0.740. The first-order chi connectivity index (χ1) is 6.61. The molecule has 3 nitrogen and oxygen atoms in total. The molecule has 0 heterocycles. The second kappa shape index (κ2) is 5.22. The first-order valence-corrected chi connectivity index (χ1v) is 5.21. The standard InChI is InChI=1S/C10H16N2OS/c1-12(2)6-4-3-5-11-8-7-9(14)10(8)13/h7,11H,3-6H2,1-2H3. The number of unbranched alkanes of at least 4 members (excludes halogenated alkanes) is 1. The number of nitrogens with one attached hydrogen (secondary N) is 1. The molecule has 0 fully saturated rings. The molecule has 0 aliphatic carbocycles. The van der Waals surface area contributed by atoms with Crippen LogP contribution in [0.3, 0.4) is 0 Å². The van der Waals surface area contributed by atoms with E-state index in [1.165, 1.54) is 0 Å². The summed E-state index contributed by atoms with van der Waals surface area (Å²) in [6.07, 6.45) is 2.22. The van der Waals surface area contributed by atoms with Crippen molar-refractivity contribution < 1.29 is 0 Å². The zero-order valence-corrected chi connectivity index (χ0v) is 9.49. The first-order valence-electron chi connectivity index (χ1n) is 4.80. The molecule has 0 atom stereocenters. The molecule has 0 radical (unpaired) electrons. The van der Waals surface area contributed by atoms with Crippen LogP contribution in [0.15, 0.2) is 10.9 Å². The Morgan fingerprint density at radius 1 is 1.43 bits per heavy atom. The van der Waals surface area contributed by atoms with Gasteiger partial charge in [0.2, 0.25) is 5.43 Å². The van der Waals surface area contributed by atoms with Gasteiger partial charge in [0.1, 0.15) is 0 Å². The topological polar surface area (TPSA) is 32.3 Å². The van der Waals surface area contributed by atoms with Crippen molar-refractivity contribution in [3.05, 3.63) is 20.8 Å². The van der Waals surface area contributed by atoms with Gasteiger partial charge in [0.15, 0.2) is 0 Å². The molecule has 4 heteroatoms. The van der Waals surface area contributed by atoms with Crippen molar-refractivity contribution in [2.75, 3.05) is 32.5 Å². The minimum Gasteiger partial charge on any atom is -0.382 e. The highest BCUT2D eigenvalue weighted by Gasteiger charge is 2.04. The van der Waals surface area contributed by atoms with E-state index >= 15 is 0 Å². The van der Waals surface area contributed by atoms with Crippen LogP contribution in [0.5, 0.6) is 0 Å². The van der Waals surface area contributed by atoms with Crippen LogP contribution in [-0.4, -0.2) is 32.1 Å². The molecule has 78 valence electrons. The van der Waals surface area contributed by atoms with Gasteiger partial charge in [-0.1, -0.05) is 12.2 Å². The third-order valence-electron chi connectivity index (χ3n) is 2.09. The molecule has 0 unspecified atom stereocenters. The van der Waals surface area contributed by atoms with E-state index in [9.17, 15) is 4.79 Å². The highest BCUT2D eigenvalue weighted by atomic mass is 32.1. The van der Waals surface area contributed by atoms with Crippen LogP contribution < -0.4 is 10.7 Å². The fourth-order valence-electron chi connectivity index (χ4n) is 1.22. The quantitative estimate of drug-likeness (QED) is 0.571. The summed E-state index contributed by atoms with van der Waals surface area (Å²) in [7, 11) is 4.12. The monoisotopic (exact) mass is 212 g/mol. The molecule has 0 saturated heterocycles. The van der Waals surface area contributed by atoms with Crippen molar-refractivity contribution >= 4 is 17.9 Å². The summed E-state index contributed by atoms with van der Waals surface area (Å²) < 4.78 is 0.445. The van der Waals surface area contributed by atoms with E-state index in [1.807, 2.05) is 0 Å². The van der Waals surface area contributed by atoms with Gasteiger partial charge in [-0.3, -0.25) is 4.79 Å². The SMILES string of the molecule is CN(C)CCCCNc1cc(=S)c1=O. The van der Waals surface area contributed by atoms with E-state index in [0.717, 1.165) is 25.9 Å². The summed E-state index contributed by atoms with van der Waals surface area (Å²) in [6, 6.07) is 1.73. The predicted molar refractivity (Wildman–Crippen MR) is 62.2 cm³/mol. The van der Waals surface area contributed by atoms with Crippen molar-refractivity contribution in [1.29, 1.82) is 0 Å². The largest absolute Gasteiger partial charge is 0.382 e. The Morgan fingerprint density at radius 3 is 2.64 bits per heavy atom. The van der Waals surface area contributed by atoms with Crippen LogP contribution >= 0.6 is 12.2 Å². The molecule has 1 aromatic carbocycles. The lowest BCUT2D eigenvalue weighted by Gasteiger charge is -2.10. The van der Waals surface area contributed by atoms with E-state index in [2.05, 4.69) is 24.3 Å². The lowest BCUT2D eigenvalue weighted by atomic mass is 10.2. The van der Waals surface area contributed by atoms with Gasteiger partial charge in [-0.25, -0.2) is 0 Å². The van der Waals surface area contributed by atoms with E-state index in [1.54, 1.807) is 6.07 Å². The fourth-order valence-corrected chi connectivity index (χ4v) is 1.45. The third kappa shape index (κ3) is 3.20. The van der Waals surface area contributed by atoms with E-state index in [-0.39, 0.29) is 5.43 Å². The summed E-state index contributed by atoms with van der Waals surface area (Å²) >= 11 is 4.75. The van der Waals surface area contributed by atoms with Gasteiger partial charge in [-0.05, 0) is 39.5 Å². The third-order valence-corrected chi connectivity index (χ3v) is 2.39. The van der Waals surface area contributed by atoms with E-state index < -0.39 is 0 Å². The number of hydrogen-bond acceptors (Lipinski definition) is 4. The smallest absolute Gasteiger partial charge is 0.219 e. The van der Waals surface area contributed by atoms with Crippen molar-refractivity contribution in [2.24, 2.45) is 0 Å². The number of anilines is 1. The zero-order valence-electron chi connectivity index (χ0n) is 8.67. The summed E-state index contributed by atoms with van der Waals surface area (Å²) in [5.41, 5.74) is 0.674.